The van der Waals surface area contributed by atoms with Gasteiger partial charge in [-0.05, 0) is 49.2 Å². The summed E-state index contributed by atoms with van der Waals surface area (Å²) < 4.78 is 11.1. The molecule has 0 saturated carbocycles. The molecule has 1 N–H and O–H groups in total. The largest absolute Gasteiger partial charge is 0.494 e. The molecule has 7 nitrogen and oxygen atoms in total. The predicted molar refractivity (Wildman–Crippen MR) is 140 cm³/mol. The maximum Gasteiger partial charge on any atom is 0.259 e. The minimum absolute atomic E-state index is 0. The third-order valence-electron chi connectivity index (χ3n) is 4.52. The van der Waals surface area contributed by atoms with Crippen molar-refractivity contribution in [3.05, 3.63) is 59.7 Å². The van der Waals surface area contributed by atoms with Crippen LogP contribution >= 0.6 is 24.0 Å². The maximum atomic E-state index is 11.7. The number of guanidine groups is 1. The van der Waals surface area contributed by atoms with Crippen LogP contribution in [-0.2, 0) is 17.9 Å². The van der Waals surface area contributed by atoms with Gasteiger partial charge in [0.1, 0.15) is 11.5 Å². The summed E-state index contributed by atoms with van der Waals surface area (Å²) in [6.45, 7) is 6.73. The predicted octanol–water partition coefficient (Wildman–Crippen LogP) is 3.77. The Morgan fingerprint density at radius 2 is 1.69 bits per heavy atom. The number of rotatable bonds is 10. The molecule has 0 aromatic heterocycles. The highest BCUT2D eigenvalue weighted by Gasteiger charge is 2.08. The highest BCUT2D eigenvalue weighted by atomic mass is 127. The van der Waals surface area contributed by atoms with E-state index < -0.39 is 0 Å². The Labute approximate surface area is 208 Å². The van der Waals surface area contributed by atoms with Crippen LogP contribution in [0.5, 0.6) is 11.5 Å². The standard InChI is InChI=1S/C24H34N4O3.HI/c1-6-25-24(28(5)17-19-11-13-21(14-12-19)30-7-2)26-16-20-9-8-10-22(15-20)31-18-23(29)27(3)4;/h8-15H,6-7,16-18H2,1-5H3,(H,25,26);1H. The molecule has 2 aromatic carbocycles. The molecule has 176 valence electrons. The monoisotopic (exact) mass is 554 g/mol. The molecule has 0 spiro atoms. The first-order valence-corrected chi connectivity index (χ1v) is 10.6. The van der Waals surface area contributed by atoms with Crippen molar-refractivity contribution in [2.75, 3.05) is 40.9 Å². The molecular weight excluding hydrogens is 519 g/mol. The van der Waals surface area contributed by atoms with E-state index in [-0.39, 0.29) is 36.5 Å². The van der Waals surface area contributed by atoms with Crippen molar-refractivity contribution in [2.24, 2.45) is 4.99 Å². The van der Waals surface area contributed by atoms with E-state index in [1.54, 1.807) is 14.1 Å². The van der Waals surface area contributed by atoms with E-state index in [1.807, 2.05) is 50.4 Å². The van der Waals surface area contributed by atoms with Gasteiger partial charge >= 0.3 is 0 Å². The van der Waals surface area contributed by atoms with Crippen LogP contribution in [0.15, 0.2) is 53.5 Å². The number of aliphatic imine (C=N–C) groups is 1. The van der Waals surface area contributed by atoms with Gasteiger partial charge in [-0.1, -0.05) is 24.3 Å². The van der Waals surface area contributed by atoms with Crippen molar-refractivity contribution in [1.29, 1.82) is 0 Å². The fraction of sp³-hybridized carbons (Fsp3) is 0.417. The maximum absolute atomic E-state index is 11.7. The Hall–Kier alpha value is -2.49. The van der Waals surface area contributed by atoms with Crippen molar-refractivity contribution in [3.63, 3.8) is 0 Å². The highest BCUT2D eigenvalue weighted by molar-refractivity contribution is 14.0. The van der Waals surface area contributed by atoms with E-state index in [0.717, 1.165) is 30.4 Å². The summed E-state index contributed by atoms with van der Waals surface area (Å²) in [5.41, 5.74) is 2.19. The van der Waals surface area contributed by atoms with Gasteiger partial charge in [0.2, 0.25) is 0 Å². The van der Waals surface area contributed by atoms with E-state index in [9.17, 15) is 4.79 Å². The number of ether oxygens (including phenoxy) is 2. The number of nitrogens with one attached hydrogen (secondary N) is 1. The van der Waals surface area contributed by atoms with Crippen LogP contribution in [0.25, 0.3) is 0 Å². The number of carbonyl (C=O) groups is 1. The number of carbonyl (C=O) groups excluding carboxylic acids is 1. The second-order valence-electron chi connectivity index (χ2n) is 7.33. The molecule has 1 amide bonds. The van der Waals surface area contributed by atoms with E-state index in [0.29, 0.717) is 18.9 Å². The minimum Gasteiger partial charge on any atom is -0.494 e. The van der Waals surface area contributed by atoms with Gasteiger partial charge in [0.05, 0.1) is 13.2 Å². The molecule has 2 aromatic rings. The molecule has 2 rings (SSSR count). The van der Waals surface area contributed by atoms with Gasteiger partial charge in [-0.3, -0.25) is 4.79 Å². The fourth-order valence-corrected chi connectivity index (χ4v) is 2.85. The molecule has 0 atom stereocenters. The summed E-state index contributed by atoms with van der Waals surface area (Å²) in [6, 6.07) is 15.8. The Morgan fingerprint density at radius 1 is 0.969 bits per heavy atom. The van der Waals surface area contributed by atoms with Crippen LogP contribution in [0.4, 0.5) is 0 Å². The lowest BCUT2D eigenvalue weighted by Gasteiger charge is -2.22. The summed E-state index contributed by atoms with van der Waals surface area (Å²) in [7, 11) is 5.44. The Morgan fingerprint density at radius 3 is 2.31 bits per heavy atom. The molecule has 0 unspecified atom stereocenters. The van der Waals surface area contributed by atoms with E-state index >= 15 is 0 Å². The second kappa shape index (κ2) is 14.5. The van der Waals surface area contributed by atoms with Gasteiger partial charge in [0.15, 0.2) is 12.6 Å². The zero-order chi connectivity index (χ0) is 22.6. The molecule has 0 bridgehead atoms. The van der Waals surface area contributed by atoms with Crippen LogP contribution in [0.3, 0.4) is 0 Å². The van der Waals surface area contributed by atoms with Crippen molar-refractivity contribution >= 4 is 35.8 Å². The summed E-state index contributed by atoms with van der Waals surface area (Å²) >= 11 is 0. The quantitative estimate of drug-likeness (QED) is 0.275. The molecule has 0 heterocycles. The smallest absolute Gasteiger partial charge is 0.259 e. The molecule has 0 saturated heterocycles. The second-order valence-corrected chi connectivity index (χ2v) is 7.33. The zero-order valence-electron chi connectivity index (χ0n) is 19.6. The van der Waals surface area contributed by atoms with Crippen LogP contribution in [0, 0.1) is 0 Å². The Bertz CT molecular complexity index is 857. The van der Waals surface area contributed by atoms with E-state index in [2.05, 4.69) is 29.3 Å². The number of hydrogen-bond acceptors (Lipinski definition) is 4. The van der Waals surface area contributed by atoms with E-state index in [1.165, 1.54) is 10.5 Å². The lowest BCUT2D eigenvalue weighted by Crippen LogP contribution is -2.38. The third-order valence-corrected chi connectivity index (χ3v) is 4.52. The summed E-state index contributed by atoms with van der Waals surface area (Å²) in [5.74, 6) is 2.29. The first-order valence-electron chi connectivity index (χ1n) is 10.6. The molecule has 0 aliphatic rings. The lowest BCUT2D eigenvalue weighted by molar-refractivity contribution is -0.130. The van der Waals surface area contributed by atoms with Crippen molar-refractivity contribution < 1.29 is 14.3 Å². The van der Waals surface area contributed by atoms with Crippen molar-refractivity contribution in [2.45, 2.75) is 26.9 Å². The molecule has 0 aliphatic heterocycles. The lowest BCUT2D eigenvalue weighted by atomic mass is 10.2. The van der Waals surface area contributed by atoms with Crippen LogP contribution in [0.1, 0.15) is 25.0 Å². The normalized spacial score (nSPS) is 10.7. The third kappa shape index (κ3) is 9.33. The first kappa shape index (κ1) is 27.5. The Balaban J connectivity index is 0.00000512. The molecule has 0 fully saturated rings. The number of likely N-dealkylation sites (N-methyl/N-ethyl adjacent to an activating group) is 1. The van der Waals surface area contributed by atoms with Gasteiger partial charge in [0.25, 0.3) is 5.91 Å². The number of amides is 1. The SMILES string of the molecule is CCNC(=NCc1cccc(OCC(=O)N(C)C)c1)N(C)Cc1ccc(OCC)cc1.I. The van der Waals surface area contributed by atoms with Gasteiger partial charge in [0, 0.05) is 34.2 Å². The van der Waals surface area contributed by atoms with Crippen molar-refractivity contribution in [1.82, 2.24) is 15.1 Å². The van der Waals surface area contributed by atoms with Gasteiger partial charge < -0.3 is 24.6 Å². The fourth-order valence-electron chi connectivity index (χ4n) is 2.85. The topological polar surface area (TPSA) is 66.4 Å². The Kier molecular flexibility index (Phi) is 12.5. The molecule has 8 heteroatoms. The van der Waals surface area contributed by atoms with Gasteiger partial charge in [-0.15, -0.1) is 24.0 Å². The molecular formula is C24H35IN4O3. The summed E-state index contributed by atoms with van der Waals surface area (Å²) in [4.78, 5) is 20.1. The van der Waals surface area contributed by atoms with Crippen LogP contribution in [-0.4, -0.2) is 62.6 Å². The highest BCUT2D eigenvalue weighted by Crippen LogP contribution is 2.15. The van der Waals surface area contributed by atoms with E-state index in [4.69, 9.17) is 14.5 Å². The van der Waals surface area contributed by atoms with Crippen LogP contribution in [0.2, 0.25) is 0 Å². The number of hydrogen-bond donors (Lipinski definition) is 1. The summed E-state index contributed by atoms with van der Waals surface area (Å²) in [6.07, 6.45) is 0. The van der Waals surface area contributed by atoms with Gasteiger partial charge in [-0.25, -0.2) is 4.99 Å². The number of benzene rings is 2. The molecule has 0 aliphatic carbocycles. The van der Waals surface area contributed by atoms with Crippen LogP contribution < -0.4 is 14.8 Å². The average Bonchev–Trinajstić information content (AvgIpc) is 2.76. The molecule has 0 radical (unpaired) electrons. The average molecular weight is 554 g/mol. The molecule has 32 heavy (non-hydrogen) atoms. The minimum atomic E-state index is -0.0752. The number of halogens is 1. The first-order chi connectivity index (χ1) is 14.9. The van der Waals surface area contributed by atoms with Crippen molar-refractivity contribution in [3.8, 4) is 11.5 Å². The zero-order valence-corrected chi connectivity index (χ0v) is 22.0. The number of nitrogens with zero attached hydrogens (tertiary/aromatic N) is 3. The summed E-state index contributed by atoms with van der Waals surface area (Å²) in [5, 5.41) is 3.34. The van der Waals surface area contributed by atoms with Gasteiger partial charge in [-0.2, -0.15) is 0 Å².